The maximum atomic E-state index is 15.1. The van der Waals surface area contributed by atoms with Gasteiger partial charge in [-0.15, -0.1) is 23.5 Å². The summed E-state index contributed by atoms with van der Waals surface area (Å²) in [6, 6.07) is 3.82. The molecular formula is C23H33FO2S2. The van der Waals surface area contributed by atoms with Crippen molar-refractivity contribution in [1.29, 1.82) is 0 Å². The van der Waals surface area contributed by atoms with Gasteiger partial charge in [-0.3, -0.25) is 0 Å². The zero-order valence-electron chi connectivity index (χ0n) is 17.2. The fourth-order valence-electron chi connectivity index (χ4n) is 5.24. The first-order valence-electron chi connectivity index (χ1n) is 11.1. The summed E-state index contributed by atoms with van der Waals surface area (Å²) in [6.07, 6.45) is 10.1. The molecular weight excluding hydrogens is 391 g/mol. The van der Waals surface area contributed by atoms with Crippen LogP contribution >= 0.6 is 23.5 Å². The molecule has 2 aliphatic heterocycles. The monoisotopic (exact) mass is 424 g/mol. The number of halogens is 1. The number of rotatable bonds is 5. The van der Waals surface area contributed by atoms with E-state index in [4.69, 9.17) is 9.47 Å². The Bertz CT molecular complexity index is 667. The molecule has 1 saturated heterocycles. The molecule has 156 valence electrons. The minimum Gasteiger partial charge on any atom is -0.491 e. The third-order valence-electron chi connectivity index (χ3n) is 6.63. The van der Waals surface area contributed by atoms with Gasteiger partial charge in [-0.1, -0.05) is 38.7 Å². The molecule has 1 saturated carbocycles. The Kier molecular flexibility index (Phi) is 6.71. The van der Waals surface area contributed by atoms with E-state index >= 15 is 4.39 Å². The molecule has 2 heterocycles. The van der Waals surface area contributed by atoms with E-state index in [9.17, 15) is 0 Å². The standard InChI is InChI=1S/C23H33FO2S2/c1-3-6-16-7-9-17(10-8-16)19-15-18-11-12-20(25-4-2)21(24)22(18)26-23(19)27-13-5-14-28-23/h11-12,16-17,19H,3-10,13-15H2,1-2H3. The third kappa shape index (κ3) is 4.03. The van der Waals surface area contributed by atoms with Gasteiger partial charge in [0.1, 0.15) is 0 Å². The van der Waals surface area contributed by atoms with Gasteiger partial charge in [0.05, 0.1) is 6.61 Å². The number of hydrogen-bond donors (Lipinski definition) is 0. The average Bonchev–Trinajstić information content (AvgIpc) is 2.72. The molecule has 0 bridgehead atoms. The van der Waals surface area contributed by atoms with Crippen molar-refractivity contribution >= 4 is 23.5 Å². The highest BCUT2D eigenvalue weighted by molar-refractivity contribution is 8.18. The second-order valence-corrected chi connectivity index (χ2v) is 11.3. The molecule has 2 nitrogen and oxygen atoms in total. The van der Waals surface area contributed by atoms with Gasteiger partial charge in [0.25, 0.3) is 0 Å². The van der Waals surface area contributed by atoms with E-state index in [0.717, 1.165) is 29.4 Å². The predicted octanol–water partition coefficient (Wildman–Crippen LogP) is 6.91. The highest BCUT2D eigenvalue weighted by Gasteiger charge is 2.51. The molecule has 0 N–H and O–H groups in total. The number of thioether (sulfide) groups is 2. The molecule has 1 spiro atoms. The highest BCUT2D eigenvalue weighted by Crippen LogP contribution is 2.58. The van der Waals surface area contributed by atoms with Crippen LogP contribution in [0.4, 0.5) is 4.39 Å². The van der Waals surface area contributed by atoms with Crippen LogP contribution in [0.1, 0.15) is 64.4 Å². The number of hydrogen-bond acceptors (Lipinski definition) is 4. The van der Waals surface area contributed by atoms with Gasteiger partial charge in [-0.05, 0) is 67.6 Å². The smallest absolute Gasteiger partial charge is 0.207 e. The zero-order chi connectivity index (χ0) is 19.6. The Labute approximate surface area is 177 Å². The molecule has 1 atom stereocenters. The molecule has 1 aromatic carbocycles. The van der Waals surface area contributed by atoms with Crippen molar-refractivity contribution in [3.8, 4) is 11.5 Å². The van der Waals surface area contributed by atoms with E-state index in [2.05, 4.69) is 6.92 Å². The van der Waals surface area contributed by atoms with Gasteiger partial charge in [0, 0.05) is 5.92 Å². The predicted molar refractivity (Wildman–Crippen MR) is 118 cm³/mol. The molecule has 0 radical (unpaired) electrons. The Morgan fingerprint density at radius 3 is 2.57 bits per heavy atom. The molecule has 4 rings (SSSR count). The van der Waals surface area contributed by atoms with Crippen LogP contribution < -0.4 is 9.47 Å². The topological polar surface area (TPSA) is 18.5 Å². The van der Waals surface area contributed by atoms with Crippen LogP contribution in [0, 0.1) is 23.6 Å². The van der Waals surface area contributed by atoms with Gasteiger partial charge >= 0.3 is 0 Å². The Morgan fingerprint density at radius 1 is 1.14 bits per heavy atom. The first-order valence-corrected chi connectivity index (χ1v) is 13.0. The Morgan fingerprint density at radius 2 is 1.89 bits per heavy atom. The Balaban J connectivity index is 1.60. The SMILES string of the molecule is CCCC1CCC(C2Cc3ccc(OCC)c(F)c3OC23SCCCS3)CC1. The molecule has 28 heavy (non-hydrogen) atoms. The van der Waals surface area contributed by atoms with Crippen molar-refractivity contribution in [3.05, 3.63) is 23.5 Å². The first-order chi connectivity index (χ1) is 13.7. The van der Waals surface area contributed by atoms with Crippen LogP contribution in [-0.4, -0.2) is 22.4 Å². The molecule has 5 heteroatoms. The van der Waals surface area contributed by atoms with Crippen molar-refractivity contribution in [1.82, 2.24) is 0 Å². The van der Waals surface area contributed by atoms with Gasteiger partial charge < -0.3 is 9.47 Å². The van der Waals surface area contributed by atoms with Crippen molar-refractivity contribution in [2.75, 3.05) is 18.1 Å². The summed E-state index contributed by atoms with van der Waals surface area (Å²) in [4.78, 5) is 0. The van der Waals surface area contributed by atoms with Crippen LogP contribution in [0.5, 0.6) is 11.5 Å². The third-order valence-corrected chi connectivity index (χ3v) is 9.90. The normalized spacial score (nSPS) is 29.2. The largest absolute Gasteiger partial charge is 0.491 e. The molecule has 0 amide bonds. The van der Waals surface area contributed by atoms with Crippen LogP contribution in [0.25, 0.3) is 0 Å². The molecule has 3 aliphatic rings. The highest BCUT2D eigenvalue weighted by atomic mass is 32.2. The van der Waals surface area contributed by atoms with Gasteiger partial charge in [0.2, 0.25) is 10.1 Å². The minimum atomic E-state index is -0.320. The molecule has 1 unspecified atom stereocenters. The molecule has 1 aliphatic carbocycles. The quantitative estimate of drug-likeness (QED) is 0.511. The minimum absolute atomic E-state index is 0.310. The number of fused-ring (bicyclic) bond motifs is 1. The summed E-state index contributed by atoms with van der Waals surface area (Å²) in [6.45, 7) is 4.65. The average molecular weight is 425 g/mol. The first kappa shape index (κ1) is 20.7. The lowest BCUT2D eigenvalue weighted by Gasteiger charge is -2.49. The lowest BCUT2D eigenvalue weighted by Crippen LogP contribution is -2.48. The van der Waals surface area contributed by atoms with Crippen LogP contribution in [0.15, 0.2) is 12.1 Å². The summed E-state index contributed by atoms with van der Waals surface area (Å²) in [5.41, 5.74) is 1.03. The van der Waals surface area contributed by atoms with Crippen LogP contribution in [-0.2, 0) is 6.42 Å². The summed E-state index contributed by atoms with van der Waals surface area (Å²) < 4.78 is 26.9. The summed E-state index contributed by atoms with van der Waals surface area (Å²) >= 11 is 3.85. The lowest BCUT2D eigenvalue weighted by atomic mass is 9.72. The number of benzene rings is 1. The van der Waals surface area contributed by atoms with Crippen LogP contribution in [0.3, 0.4) is 0 Å². The fraction of sp³-hybridized carbons (Fsp3) is 0.739. The van der Waals surface area contributed by atoms with E-state index in [1.807, 2.05) is 36.5 Å². The fourth-order valence-corrected chi connectivity index (χ4v) is 8.67. The van der Waals surface area contributed by atoms with E-state index < -0.39 is 0 Å². The maximum absolute atomic E-state index is 15.1. The molecule has 2 fully saturated rings. The summed E-state index contributed by atoms with van der Waals surface area (Å²) in [5, 5.41) is 0. The van der Waals surface area contributed by atoms with Gasteiger partial charge in [-0.25, -0.2) is 0 Å². The Hall–Kier alpha value is -0.550. The van der Waals surface area contributed by atoms with E-state index in [-0.39, 0.29) is 10.1 Å². The van der Waals surface area contributed by atoms with Crippen molar-refractivity contribution in [2.45, 2.75) is 69.5 Å². The molecule has 1 aromatic rings. The van der Waals surface area contributed by atoms with Crippen LogP contribution in [0.2, 0.25) is 0 Å². The summed E-state index contributed by atoms with van der Waals surface area (Å²) in [7, 11) is 0. The maximum Gasteiger partial charge on any atom is 0.207 e. The zero-order valence-corrected chi connectivity index (χ0v) is 18.8. The van der Waals surface area contributed by atoms with Crippen molar-refractivity contribution in [3.63, 3.8) is 0 Å². The molecule has 0 aromatic heterocycles. The van der Waals surface area contributed by atoms with Gasteiger partial charge in [-0.2, -0.15) is 4.39 Å². The lowest BCUT2D eigenvalue weighted by molar-refractivity contribution is 0.0809. The second-order valence-electron chi connectivity index (χ2n) is 8.44. The van der Waals surface area contributed by atoms with E-state index in [0.29, 0.717) is 29.9 Å². The van der Waals surface area contributed by atoms with Crippen molar-refractivity contribution in [2.24, 2.45) is 17.8 Å². The van der Waals surface area contributed by atoms with Crippen molar-refractivity contribution < 1.29 is 13.9 Å². The summed E-state index contributed by atoms with van der Waals surface area (Å²) in [5.74, 6) is 4.74. The van der Waals surface area contributed by atoms with E-state index in [1.54, 1.807) is 6.07 Å². The number of ether oxygens (including phenoxy) is 2. The van der Waals surface area contributed by atoms with E-state index in [1.165, 1.54) is 44.9 Å². The second kappa shape index (κ2) is 9.07. The van der Waals surface area contributed by atoms with Gasteiger partial charge in [0.15, 0.2) is 11.5 Å².